The van der Waals surface area contributed by atoms with Crippen molar-refractivity contribution in [3.63, 3.8) is 0 Å². The number of nitrogens with two attached hydrogens (primary N) is 1. The zero-order chi connectivity index (χ0) is 10.9. The fourth-order valence-corrected chi connectivity index (χ4v) is 1.34. The molecular weight excluding hydrogens is 214 g/mol. The third-order valence-electron chi connectivity index (χ3n) is 1.84. The Morgan fingerprint density at radius 1 is 1.64 bits per heavy atom. The number of carbonyl (C=O) groups excluding carboxylic acids is 1. The van der Waals surface area contributed by atoms with Gasteiger partial charge in [-0.05, 0) is 24.1 Å². The summed E-state index contributed by atoms with van der Waals surface area (Å²) in [5, 5.41) is -0.880. The van der Waals surface area contributed by atoms with Crippen LogP contribution in [0.1, 0.15) is 27.9 Å². The lowest BCUT2D eigenvalue weighted by Crippen LogP contribution is -2.06. The third kappa shape index (κ3) is 1.82. The first-order valence-corrected chi connectivity index (χ1v) is 4.06. The van der Waals surface area contributed by atoms with Crippen LogP contribution in [-0.2, 0) is 0 Å². The molecule has 1 rings (SSSR count). The van der Waals surface area contributed by atoms with Gasteiger partial charge >= 0.3 is 0 Å². The normalized spacial score (nSPS) is 10.6. The van der Waals surface area contributed by atoms with Crippen molar-refractivity contribution in [3.05, 3.63) is 22.9 Å². The molecule has 3 nitrogen and oxygen atoms in total. The summed E-state index contributed by atoms with van der Waals surface area (Å²) < 4.78 is 24.7. The number of anilines is 1. The number of carbonyl (C=O) groups is 1. The number of rotatable bonds is 2. The van der Waals surface area contributed by atoms with Crippen LogP contribution in [0.3, 0.4) is 0 Å². The van der Waals surface area contributed by atoms with E-state index in [0.717, 1.165) is 6.20 Å². The van der Waals surface area contributed by atoms with Crippen LogP contribution in [0.5, 0.6) is 0 Å². The summed E-state index contributed by atoms with van der Waals surface area (Å²) in [7, 11) is 0. The Morgan fingerprint density at radius 3 is 2.64 bits per heavy atom. The van der Waals surface area contributed by atoms with E-state index in [2.05, 4.69) is 4.98 Å². The number of hydrogen-bond acceptors (Lipinski definition) is 3. The molecular formula is C8H7ClF2N2O. The quantitative estimate of drug-likeness (QED) is 0.778. The maximum absolute atomic E-state index is 12.4. The summed E-state index contributed by atoms with van der Waals surface area (Å²) >= 11 is 5.19. The Bertz CT molecular complexity index is 382. The zero-order valence-electron chi connectivity index (χ0n) is 7.22. The first-order chi connectivity index (χ1) is 6.45. The van der Waals surface area contributed by atoms with E-state index in [9.17, 15) is 13.6 Å². The molecule has 0 unspecified atom stereocenters. The predicted molar refractivity (Wildman–Crippen MR) is 48.5 cm³/mol. The molecule has 0 amide bonds. The SMILES string of the molecule is Cc1c(C(F)F)cnc(N)c1C(=O)Cl. The lowest BCUT2D eigenvalue weighted by atomic mass is 10.1. The van der Waals surface area contributed by atoms with Gasteiger partial charge in [-0.15, -0.1) is 0 Å². The minimum absolute atomic E-state index is 0.0764. The van der Waals surface area contributed by atoms with Gasteiger partial charge in [-0.3, -0.25) is 4.79 Å². The molecule has 1 heterocycles. The monoisotopic (exact) mass is 220 g/mol. The van der Waals surface area contributed by atoms with Crippen LogP contribution in [0, 0.1) is 6.92 Å². The van der Waals surface area contributed by atoms with E-state index in [1.165, 1.54) is 6.92 Å². The molecule has 76 valence electrons. The second kappa shape index (κ2) is 3.88. The summed E-state index contributed by atoms with van der Waals surface area (Å²) in [6.07, 6.45) is -1.75. The van der Waals surface area contributed by atoms with Gasteiger partial charge in [0, 0.05) is 11.8 Å². The van der Waals surface area contributed by atoms with Crippen LogP contribution in [0.15, 0.2) is 6.20 Å². The van der Waals surface area contributed by atoms with Crippen molar-refractivity contribution in [2.75, 3.05) is 5.73 Å². The molecule has 0 saturated heterocycles. The van der Waals surface area contributed by atoms with Crippen molar-refractivity contribution in [1.29, 1.82) is 0 Å². The standard InChI is InChI=1S/C8H7ClF2N2O/c1-3-4(7(10)11)2-13-8(12)5(3)6(9)14/h2,7H,1H3,(H2,12,13). The highest BCUT2D eigenvalue weighted by atomic mass is 35.5. The van der Waals surface area contributed by atoms with Crippen molar-refractivity contribution in [2.45, 2.75) is 13.3 Å². The highest BCUT2D eigenvalue weighted by Crippen LogP contribution is 2.27. The van der Waals surface area contributed by atoms with Crippen LogP contribution in [0.25, 0.3) is 0 Å². The van der Waals surface area contributed by atoms with Crippen LogP contribution < -0.4 is 5.73 Å². The van der Waals surface area contributed by atoms with Crippen molar-refractivity contribution >= 4 is 22.7 Å². The van der Waals surface area contributed by atoms with E-state index in [1.807, 2.05) is 0 Å². The summed E-state index contributed by atoms with van der Waals surface area (Å²) in [4.78, 5) is 14.3. The van der Waals surface area contributed by atoms with Gasteiger partial charge in [-0.2, -0.15) is 0 Å². The van der Waals surface area contributed by atoms with Crippen LogP contribution in [-0.4, -0.2) is 10.2 Å². The van der Waals surface area contributed by atoms with Gasteiger partial charge in [0.15, 0.2) is 0 Å². The Labute approximate surface area is 83.9 Å². The van der Waals surface area contributed by atoms with E-state index in [1.54, 1.807) is 0 Å². The minimum Gasteiger partial charge on any atom is -0.383 e. The fourth-order valence-electron chi connectivity index (χ4n) is 1.11. The summed E-state index contributed by atoms with van der Waals surface area (Å²) in [5.41, 5.74) is 4.93. The molecule has 6 heteroatoms. The van der Waals surface area contributed by atoms with Gasteiger partial charge in [0.05, 0.1) is 5.56 Å². The second-order valence-electron chi connectivity index (χ2n) is 2.67. The van der Waals surface area contributed by atoms with E-state index in [-0.39, 0.29) is 22.5 Å². The first kappa shape index (κ1) is 10.8. The molecule has 0 atom stereocenters. The highest BCUT2D eigenvalue weighted by Gasteiger charge is 2.19. The lowest BCUT2D eigenvalue weighted by molar-refractivity contribution is 0.108. The zero-order valence-corrected chi connectivity index (χ0v) is 7.98. The lowest BCUT2D eigenvalue weighted by Gasteiger charge is -2.08. The third-order valence-corrected chi connectivity index (χ3v) is 2.03. The van der Waals surface area contributed by atoms with Gasteiger partial charge in [0.2, 0.25) is 0 Å². The molecule has 0 aliphatic heterocycles. The molecule has 0 aliphatic rings. The van der Waals surface area contributed by atoms with Crippen molar-refractivity contribution in [2.24, 2.45) is 0 Å². The number of alkyl halides is 2. The molecule has 2 N–H and O–H groups in total. The van der Waals surface area contributed by atoms with Gasteiger partial charge in [-0.1, -0.05) is 0 Å². The van der Waals surface area contributed by atoms with Crippen LogP contribution >= 0.6 is 11.6 Å². The minimum atomic E-state index is -2.70. The second-order valence-corrected chi connectivity index (χ2v) is 3.02. The average molecular weight is 221 g/mol. The number of nitrogens with zero attached hydrogens (tertiary/aromatic N) is 1. The topological polar surface area (TPSA) is 56.0 Å². The molecule has 0 saturated carbocycles. The van der Waals surface area contributed by atoms with E-state index in [0.29, 0.717) is 0 Å². The maximum Gasteiger partial charge on any atom is 0.265 e. The smallest absolute Gasteiger partial charge is 0.265 e. The van der Waals surface area contributed by atoms with Gasteiger partial charge in [0.1, 0.15) is 5.82 Å². The predicted octanol–water partition coefficient (Wildman–Crippen LogP) is 2.29. The fraction of sp³-hybridized carbons (Fsp3) is 0.250. The van der Waals surface area contributed by atoms with E-state index >= 15 is 0 Å². The summed E-state index contributed by atoms with van der Waals surface area (Å²) in [6.45, 7) is 1.36. The number of pyridine rings is 1. The molecule has 0 aliphatic carbocycles. The Hall–Kier alpha value is -1.23. The molecule has 1 aromatic heterocycles. The molecule has 0 fully saturated rings. The Balaban J connectivity index is 3.41. The number of aromatic nitrogens is 1. The number of nitrogen functional groups attached to an aromatic ring is 1. The molecule has 1 aromatic rings. The summed E-state index contributed by atoms with van der Waals surface area (Å²) in [6, 6.07) is 0. The maximum atomic E-state index is 12.4. The summed E-state index contributed by atoms with van der Waals surface area (Å²) in [5.74, 6) is -0.132. The number of hydrogen-bond donors (Lipinski definition) is 1. The van der Waals surface area contributed by atoms with Gasteiger partial charge in [0.25, 0.3) is 11.7 Å². The molecule has 0 aromatic carbocycles. The number of halogens is 3. The van der Waals surface area contributed by atoms with Gasteiger partial charge < -0.3 is 5.73 Å². The molecule has 14 heavy (non-hydrogen) atoms. The Kier molecular flexibility index (Phi) is 3.00. The van der Waals surface area contributed by atoms with Crippen molar-refractivity contribution in [1.82, 2.24) is 4.98 Å². The largest absolute Gasteiger partial charge is 0.383 e. The van der Waals surface area contributed by atoms with Crippen LogP contribution in [0.2, 0.25) is 0 Å². The van der Waals surface area contributed by atoms with Crippen molar-refractivity contribution < 1.29 is 13.6 Å². The van der Waals surface area contributed by atoms with Gasteiger partial charge in [-0.25, -0.2) is 13.8 Å². The average Bonchev–Trinajstić information content (AvgIpc) is 2.02. The van der Waals surface area contributed by atoms with E-state index in [4.69, 9.17) is 17.3 Å². The van der Waals surface area contributed by atoms with Crippen molar-refractivity contribution in [3.8, 4) is 0 Å². The molecule has 0 bridgehead atoms. The molecule has 0 spiro atoms. The Morgan fingerprint density at radius 2 is 2.21 bits per heavy atom. The van der Waals surface area contributed by atoms with Crippen LogP contribution in [0.4, 0.5) is 14.6 Å². The highest BCUT2D eigenvalue weighted by molar-refractivity contribution is 6.68. The molecule has 0 radical (unpaired) electrons. The first-order valence-electron chi connectivity index (χ1n) is 3.68. The van der Waals surface area contributed by atoms with E-state index < -0.39 is 11.7 Å².